The molecule has 9 heteroatoms. The third-order valence-corrected chi connectivity index (χ3v) is 4.94. The highest BCUT2D eigenvalue weighted by molar-refractivity contribution is 7.84. The highest BCUT2D eigenvalue weighted by Gasteiger charge is 2.09. The van der Waals surface area contributed by atoms with E-state index in [2.05, 4.69) is 50.1 Å². The molecular weight excluding hydrogens is 460 g/mol. The Kier molecular flexibility index (Phi) is 7.49. The Morgan fingerprint density at radius 3 is 2.43 bits per heavy atom. The van der Waals surface area contributed by atoms with Crippen molar-refractivity contribution in [2.45, 2.75) is 6.42 Å². The Hall–Kier alpha value is -4.50. The van der Waals surface area contributed by atoms with E-state index < -0.39 is 0 Å². The maximum absolute atomic E-state index is 12.7. The third kappa shape index (κ3) is 6.75. The van der Waals surface area contributed by atoms with Crippen LogP contribution in [0.25, 0.3) is 11.3 Å². The maximum atomic E-state index is 12.7. The molecule has 0 saturated heterocycles. The van der Waals surface area contributed by atoms with E-state index in [-0.39, 0.29) is 18.2 Å². The Bertz CT molecular complexity index is 1360. The van der Waals surface area contributed by atoms with E-state index in [4.69, 9.17) is 0 Å². The van der Waals surface area contributed by atoms with Gasteiger partial charge in [0.15, 0.2) is 0 Å². The Morgan fingerprint density at radius 1 is 0.886 bits per heavy atom. The van der Waals surface area contributed by atoms with Crippen molar-refractivity contribution >= 4 is 47.5 Å². The van der Waals surface area contributed by atoms with Gasteiger partial charge in [0.1, 0.15) is 0 Å². The van der Waals surface area contributed by atoms with Crippen LogP contribution in [-0.4, -0.2) is 26.8 Å². The molecule has 0 aliphatic carbocycles. The summed E-state index contributed by atoms with van der Waals surface area (Å²) in [6.45, 7) is 3.60. The number of thiol groups is 1. The first kappa shape index (κ1) is 23.7. The third-order valence-electron chi connectivity index (χ3n) is 4.78. The lowest BCUT2D eigenvalue weighted by molar-refractivity contribution is -0.115. The summed E-state index contributed by atoms with van der Waals surface area (Å²) in [5.74, 6) is -0.0750. The number of hydrogen-bond acceptors (Lipinski definition) is 7. The molecule has 2 heterocycles. The van der Waals surface area contributed by atoms with Crippen LogP contribution in [0.3, 0.4) is 0 Å². The minimum absolute atomic E-state index is 0.120. The number of aromatic nitrogens is 3. The molecule has 4 aromatic rings. The molecule has 174 valence electrons. The molecule has 35 heavy (non-hydrogen) atoms. The summed E-state index contributed by atoms with van der Waals surface area (Å²) in [6, 6.07) is 19.4. The molecule has 2 aromatic carbocycles. The largest absolute Gasteiger partial charge is 0.326 e. The van der Waals surface area contributed by atoms with Gasteiger partial charge in [-0.15, -0.1) is 12.6 Å². The molecule has 3 N–H and O–H groups in total. The van der Waals surface area contributed by atoms with Crippen LogP contribution in [0.5, 0.6) is 0 Å². The summed E-state index contributed by atoms with van der Waals surface area (Å²) < 4.78 is 0. The molecule has 0 bridgehead atoms. The van der Waals surface area contributed by atoms with Gasteiger partial charge >= 0.3 is 0 Å². The number of pyridine rings is 1. The number of benzene rings is 2. The zero-order valence-corrected chi connectivity index (χ0v) is 19.5. The van der Waals surface area contributed by atoms with Crippen molar-refractivity contribution < 1.29 is 9.59 Å². The number of nitrogens with zero attached hydrogens (tertiary/aromatic N) is 3. The Labute approximate surface area is 208 Å². The van der Waals surface area contributed by atoms with E-state index in [1.54, 1.807) is 55.0 Å². The van der Waals surface area contributed by atoms with Crippen LogP contribution in [0.2, 0.25) is 0 Å². The normalized spacial score (nSPS) is 10.3. The van der Waals surface area contributed by atoms with E-state index in [0.717, 1.165) is 16.9 Å². The van der Waals surface area contributed by atoms with Gasteiger partial charge in [-0.3, -0.25) is 14.6 Å². The molecule has 4 rings (SSSR count). The van der Waals surface area contributed by atoms with Crippen LogP contribution in [0.4, 0.5) is 23.0 Å². The predicted molar refractivity (Wildman–Crippen MR) is 141 cm³/mol. The molecule has 0 radical (unpaired) electrons. The zero-order valence-electron chi connectivity index (χ0n) is 18.6. The first-order valence-corrected chi connectivity index (χ1v) is 11.1. The fourth-order valence-electron chi connectivity index (χ4n) is 3.20. The molecule has 0 unspecified atom stereocenters. The van der Waals surface area contributed by atoms with Gasteiger partial charge in [-0.1, -0.05) is 12.6 Å². The van der Waals surface area contributed by atoms with Crippen LogP contribution < -0.4 is 16.0 Å². The topological polar surface area (TPSA) is 109 Å². The van der Waals surface area contributed by atoms with E-state index in [1.165, 1.54) is 0 Å². The SMILES string of the molecule is C=C(S)CC(=O)Nc1ccc(C(=O)Nc2cccc(Nc3nccc(-c4cccnc4)n3)c2)cc1. The summed E-state index contributed by atoms with van der Waals surface area (Å²) in [5.41, 5.74) is 3.99. The predicted octanol–water partition coefficient (Wildman–Crippen LogP) is 5.31. The fraction of sp³-hybridized carbons (Fsp3) is 0.0385. The van der Waals surface area contributed by atoms with Gasteiger partial charge in [-0.25, -0.2) is 9.97 Å². The monoisotopic (exact) mass is 482 g/mol. The van der Waals surface area contributed by atoms with E-state index in [1.807, 2.05) is 30.3 Å². The van der Waals surface area contributed by atoms with Crippen LogP contribution in [0.1, 0.15) is 16.8 Å². The summed E-state index contributed by atoms with van der Waals surface area (Å²) >= 11 is 4.03. The van der Waals surface area contributed by atoms with E-state index in [9.17, 15) is 9.59 Å². The molecule has 0 aliphatic rings. The summed E-state index contributed by atoms with van der Waals surface area (Å²) in [6.07, 6.45) is 5.24. The van der Waals surface area contributed by atoms with Crippen LogP contribution in [0, 0.1) is 0 Å². The highest BCUT2D eigenvalue weighted by atomic mass is 32.1. The molecular formula is C26H22N6O2S. The molecule has 2 amide bonds. The standard InChI is InChI=1S/C26H22N6O2S/c1-17(35)14-24(33)29-20-9-7-18(8-10-20)25(34)30-21-5-2-6-22(15-21)31-26-28-13-11-23(32-26)19-4-3-12-27-16-19/h2-13,15-16,35H,1,14H2,(H,29,33)(H,30,34)(H,28,31,32). The minimum Gasteiger partial charge on any atom is -0.326 e. The molecule has 0 fully saturated rings. The van der Waals surface area contributed by atoms with Crippen LogP contribution in [0.15, 0.2) is 96.8 Å². The van der Waals surface area contributed by atoms with Gasteiger partial charge < -0.3 is 16.0 Å². The molecule has 0 saturated carbocycles. The smallest absolute Gasteiger partial charge is 0.255 e. The average Bonchev–Trinajstić information content (AvgIpc) is 2.85. The van der Waals surface area contributed by atoms with Crippen LogP contribution in [-0.2, 0) is 4.79 Å². The number of carbonyl (C=O) groups is 2. The van der Waals surface area contributed by atoms with Crippen molar-refractivity contribution in [2.24, 2.45) is 0 Å². The van der Waals surface area contributed by atoms with E-state index >= 15 is 0 Å². The minimum atomic E-state index is -0.279. The zero-order chi connectivity index (χ0) is 24.6. The second-order valence-corrected chi connectivity index (χ2v) is 8.17. The average molecular weight is 483 g/mol. The Balaban J connectivity index is 1.40. The van der Waals surface area contributed by atoms with Crippen molar-refractivity contribution in [1.29, 1.82) is 0 Å². The fourth-order valence-corrected chi connectivity index (χ4v) is 3.34. The summed E-state index contributed by atoms with van der Waals surface area (Å²) in [7, 11) is 0. The second kappa shape index (κ2) is 11.1. The lowest BCUT2D eigenvalue weighted by atomic mass is 10.2. The number of anilines is 4. The van der Waals surface area contributed by atoms with E-state index in [0.29, 0.717) is 27.8 Å². The first-order valence-electron chi connectivity index (χ1n) is 10.6. The number of carbonyl (C=O) groups excluding carboxylic acids is 2. The summed E-state index contributed by atoms with van der Waals surface area (Å²) in [5, 5.41) is 8.76. The Morgan fingerprint density at radius 2 is 1.69 bits per heavy atom. The van der Waals surface area contributed by atoms with Crippen molar-refractivity contribution in [1.82, 2.24) is 15.0 Å². The number of amides is 2. The first-order chi connectivity index (χ1) is 17.0. The quantitative estimate of drug-likeness (QED) is 0.254. The molecule has 0 spiro atoms. The number of rotatable bonds is 8. The molecule has 0 aliphatic heterocycles. The highest BCUT2D eigenvalue weighted by Crippen LogP contribution is 2.21. The van der Waals surface area contributed by atoms with Gasteiger partial charge in [-0.05, 0) is 65.6 Å². The molecule has 0 atom stereocenters. The van der Waals surface area contributed by atoms with Gasteiger partial charge in [0.25, 0.3) is 5.91 Å². The second-order valence-electron chi connectivity index (χ2n) is 7.54. The van der Waals surface area contributed by atoms with Crippen LogP contribution >= 0.6 is 12.6 Å². The van der Waals surface area contributed by atoms with Crippen molar-refractivity contribution in [3.05, 3.63) is 102 Å². The molecule has 8 nitrogen and oxygen atoms in total. The van der Waals surface area contributed by atoms with Gasteiger partial charge in [0, 0.05) is 46.8 Å². The van der Waals surface area contributed by atoms with Gasteiger partial charge in [0.2, 0.25) is 11.9 Å². The number of nitrogens with one attached hydrogen (secondary N) is 3. The maximum Gasteiger partial charge on any atom is 0.255 e. The van der Waals surface area contributed by atoms with Gasteiger partial charge in [-0.2, -0.15) is 0 Å². The van der Waals surface area contributed by atoms with Crippen molar-refractivity contribution in [3.63, 3.8) is 0 Å². The van der Waals surface area contributed by atoms with Gasteiger partial charge in [0.05, 0.1) is 12.1 Å². The summed E-state index contributed by atoms with van der Waals surface area (Å²) in [4.78, 5) is 37.9. The van der Waals surface area contributed by atoms with Crippen molar-refractivity contribution in [2.75, 3.05) is 16.0 Å². The number of hydrogen-bond donors (Lipinski definition) is 4. The lowest BCUT2D eigenvalue weighted by Gasteiger charge is -2.10. The molecule has 2 aromatic heterocycles. The van der Waals surface area contributed by atoms with Crippen molar-refractivity contribution in [3.8, 4) is 11.3 Å². The lowest BCUT2D eigenvalue weighted by Crippen LogP contribution is -2.13.